The van der Waals surface area contributed by atoms with E-state index in [1.165, 1.54) is 0 Å². The highest BCUT2D eigenvalue weighted by atomic mass is 15.4. The van der Waals surface area contributed by atoms with Gasteiger partial charge in [0.05, 0.1) is 17.6 Å². The molecule has 0 spiro atoms. The molecular formula is C11H15N5. The SMILES string of the molecule is Cc1cccc(CNCc2cnnn2C)n1. The van der Waals surface area contributed by atoms with E-state index in [4.69, 9.17) is 0 Å². The van der Waals surface area contributed by atoms with Crippen molar-refractivity contribution in [3.63, 3.8) is 0 Å². The number of hydrogen-bond acceptors (Lipinski definition) is 4. The largest absolute Gasteiger partial charge is 0.305 e. The van der Waals surface area contributed by atoms with Crippen molar-refractivity contribution in [1.82, 2.24) is 25.3 Å². The van der Waals surface area contributed by atoms with Crippen molar-refractivity contribution < 1.29 is 0 Å². The average Bonchev–Trinajstić information content (AvgIpc) is 2.65. The summed E-state index contributed by atoms with van der Waals surface area (Å²) in [6.07, 6.45) is 1.76. The van der Waals surface area contributed by atoms with Crippen molar-refractivity contribution in [2.45, 2.75) is 20.0 Å². The van der Waals surface area contributed by atoms with Gasteiger partial charge in [-0.1, -0.05) is 11.3 Å². The van der Waals surface area contributed by atoms with E-state index in [0.29, 0.717) is 0 Å². The fourth-order valence-corrected chi connectivity index (χ4v) is 1.49. The van der Waals surface area contributed by atoms with E-state index < -0.39 is 0 Å². The van der Waals surface area contributed by atoms with E-state index in [1.54, 1.807) is 10.9 Å². The number of nitrogens with one attached hydrogen (secondary N) is 1. The Hall–Kier alpha value is -1.75. The molecule has 16 heavy (non-hydrogen) atoms. The first-order chi connectivity index (χ1) is 7.75. The monoisotopic (exact) mass is 217 g/mol. The van der Waals surface area contributed by atoms with Crippen molar-refractivity contribution in [3.05, 3.63) is 41.5 Å². The molecule has 0 aliphatic heterocycles. The van der Waals surface area contributed by atoms with Crippen LogP contribution in [0.1, 0.15) is 17.1 Å². The lowest BCUT2D eigenvalue weighted by atomic mass is 10.3. The molecule has 0 aliphatic carbocycles. The van der Waals surface area contributed by atoms with Crippen molar-refractivity contribution >= 4 is 0 Å². The summed E-state index contributed by atoms with van der Waals surface area (Å²) < 4.78 is 1.76. The molecule has 0 fully saturated rings. The summed E-state index contributed by atoms with van der Waals surface area (Å²) in [5.41, 5.74) is 3.16. The van der Waals surface area contributed by atoms with Gasteiger partial charge in [0.1, 0.15) is 0 Å². The standard InChI is InChI=1S/C11H15N5/c1-9-4-3-5-10(14-9)6-12-7-11-8-13-15-16(11)2/h3-5,8,12H,6-7H2,1-2H3. The Morgan fingerprint density at radius 3 is 2.88 bits per heavy atom. The highest BCUT2D eigenvalue weighted by molar-refractivity contribution is 5.09. The summed E-state index contributed by atoms with van der Waals surface area (Å²) in [7, 11) is 1.88. The van der Waals surface area contributed by atoms with Crippen molar-refractivity contribution in [2.75, 3.05) is 0 Å². The maximum atomic E-state index is 4.41. The summed E-state index contributed by atoms with van der Waals surface area (Å²) in [5, 5.41) is 11.0. The quantitative estimate of drug-likeness (QED) is 0.823. The van der Waals surface area contributed by atoms with E-state index >= 15 is 0 Å². The number of aryl methyl sites for hydroxylation is 2. The number of rotatable bonds is 4. The molecule has 0 bridgehead atoms. The van der Waals surface area contributed by atoms with Crippen LogP contribution in [0.25, 0.3) is 0 Å². The van der Waals surface area contributed by atoms with E-state index in [0.717, 1.165) is 30.2 Å². The number of pyridine rings is 1. The predicted octanol–water partition coefficient (Wildman–Crippen LogP) is 0.808. The maximum absolute atomic E-state index is 4.41. The van der Waals surface area contributed by atoms with Gasteiger partial charge in [-0.25, -0.2) is 0 Å². The van der Waals surface area contributed by atoms with E-state index in [9.17, 15) is 0 Å². The third kappa shape index (κ3) is 2.64. The molecule has 1 N–H and O–H groups in total. The molecule has 0 amide bonds. The van der Waals surface area contributed by atoms with E-state index in [2.05, 4.69) is 20.6 Å². The lowest BCUT2D eigenvalue weighted by Crippen LogP contribution is -2.16. The Balaban J connectivity index is 1.87. The van der Waals surface area contributed by atoms with Crippen LogP contribution in [-0.2, 0) is 20.1 Å². The third-order valence-corrected chi connectivity index (χ3v) is 2.37. The first kappa shape index (κ1) is 10.8. The van der Waals surface area contributed by atoms with Crippen LogP contribution in [0.15, 0.2) is 24.4 Å². The minimum Gasteiger partial charge on any atom is -0.305 e. The van der Waals surface area contributed by atoms with Crippen LogP contribution in [0.2, 0.25) is 0 Å². The predicted molar refractivity (Wildman–Crippen MR) is 60.5 cm³/mol. The molecule has 2 rings (SSSR count). The molecular weight excluding hydrogens is 202 g/mol. The van der Waals surface area contributed by atoms with Gasteiger partial charge in [-0.05, 0) is 19.1 Å². The van der Waals surface area contributed by atoms with Crippen LogP contribution < -0.4 is 5.32 Å². The second-order valence-electron chi connectivity index (χ2n) is 3.72. The third-order valence-electron chi connectivity index (χ3n) is 2.37. The molecule has 0 aliphatic rings. The van der Waals surface area contributed by atoms with Crippen LogP contribution in [0.3, 0.4) is 0 Å². The number of hydrogen-bond donors (Lipinski definition) is 1. The van der Waals surface area contributed by atoms with Crippen LogP contribution in [0.4, 0.5) is 0 Å². The second-order valence-corrected chi connectivity index (χ2v) is 3.72. The number of nitrogens with zero attached hydrogens (tertiary/aromatic N) is 4. The van der Waals surface area contributed by atoms with Crippen LogP contribution in [-0.4, -0.2) is 20.0 Å². The Bertz CT molecular complexity index is 463. The summed E-state index contributed by atoms with van der Waals surface area (Å²) in [6, 6.07) is 6.03. The zero-order valence-corrected chi connectivity index (χ0v) is 9.51. The first-order valence-corrected chi connectivity index (χ1v) is 5.22. The van der Waals surface area contributed by atoms with Gasteiger partial charge in [-0.2, -0.15) is 0 Å². The average molecular weight is 217 g/mol. The molecule has 2 aromatic heterocycles. The van der Waals surface area contributed by atoms with Gasteiger partial charge < -0.3 is 5.32 Å². The molecule has 0 unspecified atom stereocenters. The molecule has 0 aromatic carbocycles. The normalized spacial score (nSPS) is 10.6. The smallest absolute Gasteiger partial charge is 0.0738 e. The molecule has 84 valence electrons. The van der Waals surface area contributed by atoms with E-state index in [1.807, 2.05) is 32.2 Å². The first-order valence-electron chi connectivity index (χ1n) is 5.22. The molecule has 2 aromatic rings. The van der Waals surface area contributed by atoms with Gasteiger partial charge in [-0.3, -0.25) is 9.67 Å². The Morgan fingerprint density at radius 2 is 2.19 bits per heavy atom. The van der Waals surface area contributed by atoms with Gasteiger partial charge >= 0.3 is 0 Å². The topological polar surface area (TPSA) is 55.6 Å². The van der Waals surface area contributed by atoms with Crippen molar-refractivity contribution in [3.8, 4) is 0 Å². The summed E-state index contributed by atoms with van der Waals surface area (Å²) in [4.78, 5) is 4.41. The zero-order valence-electron chi connectivity index (χ0n) is 9.51. The van der Waals surface area contributed by atoms with Crippen LogP contribution >= 0.6 is 0 Å². The second kappa shape index (κ2) is 4.85. The molecule has 0 saturated carbocycles. The molecule has 5 heteroatoms. The molecule has 0 atom stereocenters. The molecule has 2 heterocycles. The molecule has 5 nitrogen and oxygen atoms in total. The summed E-state index contributed by atoms with van der Waals surface area (Å²) in [5.74, 6) is 0. The minimum absolute atomic E-state index is 0.749. The highest BCUT2D eigenvalue weighted by Gasteiger charge is 1.99. The van der Waals surface area contributed by atoms with Gasteiger partial charge in [-0.15, -0.1) is 5.10 Å². The Morgan fingerprint density at radius 1 is 1.31 bits per heavy atom. The Kier molecular flexibility index (Phi) is 3.26. The lowest BCUT2D eigenvalue weighted by molar-refractivity contribution is 0.611. The molecule has 0 saturated heterocycles. The van der Waals surface area contributed by atoms with Crippen molar-refractivity contribution in [1.29, 1.82) is 0 Å². The fraction of sp³-hybridized carbons (Fsp3) is 0.364. The van der Waals surface area contributed by atoms with Gasteiger partial charge in [0, 0.05) is 25.8 Å². The lowest BCUT2D eigenvalue weighted by Gasteiger charge is -2.04. The fourth-order valence-electron chi connectivity index (χ4n) is 1.49. The zero-order chi connectivity index (χ0) is 11.4. The maximum Gasteiger partial charge on any atom is 0.0738 e. The van der Waals surface area contributed by atoms with Gasteiger partial charge in [0.25, 0.3) is 0 Å². The van der Waals surface area contributed by atoms with Crippen LogP contribution in [0.5, 0.6) is 0 Å². The van der Waals surface area contributed by atoms with Crippen LogP contribution in [0, 0.1) is 6.92 Å². The summed E-state index contributed by atoms with van der Waals surface area (Å²) in [6.45, 7) is 3.50. The Labute approximate surface area is 94.5 Å². The van der Waals surface area contributed by atoms with Crippen molar-refractivity contribution in [2.24, 2.45) is 7.05 Å². The highest BCUT2D eigenvalue weighted by Crippen LogP contribution is 1.98. The molecule has 0 radical (unpaired) electrons. The minimum atomic E-state index is 0.749. The number of aromatic nitrogens is 4. The van der Waals surface area contributed by atoms with E-state index in [-0.39, 0.29) is 0 Å². The van der Waals surface area contributed by atoms with Gasteiger partial charge in [0.2, 0.25) is 0 Å². The van der Waals surface area contributed by atoms with Gasteiger partial charge in [0.15, 0.2) is 0 Å². The summed E-state index contributed by atoms with van der Waals surface area (Å²) >= 11 is 0.